The van der Waals surface area contributed by atoms with Gasteiger partial charge >= 0.3 is 6.09 Å². The molecule has 0 radical (unpaired) electrons. The molecule has 3 amide bonds. The molecule has 0 aromatic carbocycles. The Balaban J connectivity index is 2.88. The van der Waals surface area contributed by atoms with Crippen LogP contribution in [-0.2, 0) is 14.3 Å². The smallest absolute Gasteiger partial charge is 0.407 e. The predicted molar refractivity (Wildman–Crippen MR) is 77.6 cm³/mol. The summed E-state index contributed by atoms with van der Waals surface area (Å²) >= 11 is 0. The van der Waals surface area contributed by atoms with Crippen molar-refractivity contribution >= 4 is 17.9 Å². The van der Waals surface area contributed by atoms with Crippen molar-refractivity contribution in [2.24, 2.45) is 5.92 Å². The number of amides is 3. The van der Waals surface area contributed by atoms with Crippen LogP contribution in [0.5, 0.6) is 0 Å². The molecule has 1 rings (SSSR count). The zero-order valence-corrected chi connectivity index (χ0v) is 13.1. The van der Waals surface area contributed by atoms with E-state index in [1.54, 1.807) is 11.9 Å². The summed E-state index contributed by atoms with van der Waals surface area (Å²) in [5.41, 5.74) is 0. The minimum Gasteiger partial charge on any atom is -0.453 e. The summed E-state index contributed by atoms with van der Waals surface area (Å²) < 4.78 is 4.58. The zero-order chi connectivity index (χ0) is 16.0. The molecule has 3 atom stereocenters. The van der Waals surface area contributed by atoms with E-state index in [0.29, 0.717) is 13.0 Å². The lowest BCUT2D eigenvalue weighted by atomic mass is 9.97. The van der Waals surface area contributed by atoms with Crippen molar-refractivity contribution in [2.75, 3.05) is 20.7 Å². The first kappa shape index (κ1) is 17.3. The first-order valence-electron chi connectivity index (χ1n) is 7.32. The van der Waals surface area contributed by atoms with Crippen LogP contribution in [0.1, 0.15) is 33.1 Å². The Morgan fingerprint density at radius 3 is 2.57 bits per heavy atom. The highest BCUT2D eigenvalue weighted by Crippen LogP contribution is 2.21. The highest BCUT2D eigenvalue weighted by molar-refractivity contribution is 5.91. The normalized spacial score (nSPS) is 20.6. The van der Waals surface area contributed by atoms with Crippen LogP contribution in [-0.4, -0.2) is 55.6 Å². The third-order valence-corrected chi connectivity index (χ3v) is 4.02. The monoisotopic (exact) mass is 299 g/mol. The molecule has 1 aliphatic heterocycles. The first-order chi connectivity index (χ1) is 9.96. The average molecular weight is 299 g/mol. The summed E-state index contributed by atoms with van der Waals surface area (Å²) in [7, 11) is 2.82. The molecule has 0 spiro atoms. The van der Waals surface area contributed by atoms with Crippen LogP contribution in [0.25, 0.3) is 0 Å². The molecule has 0 aromatic heterocycles. The molecule has 7 heteroatoms. The molecular formula is C14H25N3O4. The highest BCUT2D eigenvalue weighted by Gasteiger charge is 2.38. The summed E-state index contributed by atoms with van der Waals surface area (Å²) in [5, 5.41) is 5.17. The molecule has 1 heterocycles. The summed E-state index contributed by atoms with van der Waals surface area (Å²) in [6, 6.07) is -1.12. The van der Waals surface area contributed by atoms with Crippen LogP contribution >= 0.6 is 0 Å². The predicted octanol–water partition coefficient (Wildman–Crippen LogP) is 0.494. The van der Waals surface area contributed by atoms with Crippen LogP contribution in [0.3, 0.4) is 0 Å². The molecule has 1 aliphatic rings. The van der Waals surface area contributed by atoms with Crippen molar-refractivity contribution in [3.05, 3.63) is 0 Å². The largest absolute Gasteiger partial charge is 0.453 e. The van der Waals surface area contributed by atoms with E-state index in [1.165, 1.54) is 7.11 Å². The highest BCUT2D eigenvalue weighted by atomic mass is 16.5. The number of nitrogens with zero attached hydrogens (tertiary/aromatic N) is 1. The van der Waals surface area contributed by atoms with Crippen molar-refractivity contribution in [3.63, 3.8) is 0 Å². The van der Waals surface area contributed by atoms with Crippen LogP contribution in [0.15, 0.2) is 0 Å². The van der Waals surface area contributed by atoms with Crippen molar-refractivity contribution in [2.45, 2.75) is 45.2 Å². The first-order valence-corrected chi connectivity index (χ1v) is 7.32. The topological polar surface area (TPSA) is 87.7 Å². The third kappa shape index (κ3) is 4.09. The Bertz CT molecular complexity index is 400. The number of likely N-dealkylation sites (N-methyl/N-ethyl adjacent to an activating group) is 1. The quantitative estimate of drug-likeness (QED) is 0.773. The maximum atomic E-state index is 12.7. The molecule has 1 saturated heterocycles. The Morgan fingerprint density at radius 2 is 2.05 bits per heavy atom. The van der Waals surface area contributed by atoms with E-state index < -0.39 is 18.2 Å². The number of hydrogen-bond acceptors (Lipinski definition) is 4. The molecular weight excluding hydrogens is 274 g/mol. The van der Waals surface area contributed by atoms with Gasteiger partial charge in [-0.15, -0.1) is 0 Å². The Kier molecular flexibility index (Phi) is 6.45. The molecule has 0 aliphatic carbocycles. The zero-order valence-electron chi connectivity index (χ0n) is 13.1. The second-order valence-corrected chi connectivity index (χ2v) is 5.30. The van der Waals surface area contributed by atoms with Gasteiger partial charge in [-0.2, -0.15) is 0 Å². The number of hydrogen-bond donors (Lipinski definition) is 2. The lowest BCUT2D eigenvalue weighted by Gasteiger charge is -2.30. The van der Waals surface area contributed by atoms with Gasteiger partial charge in [0, 0.05) is 13.6 Å². The third-order valence-electron chi connectivity index (χ3n) is 4.02. The molecule has 0 aromatic rings. The van der Waals surface area contributed by atoms with Gasteiger partial charge in [0.15, 0.2) is 0 Å². The number of methoxy groups -OCH3 is 1. The summed E-state index contributed by atoms with van der Waals surface area (Å²) in [5.74, 6) is -0.426. The van der Waals surface area contributed by atoms with Gasteiger partial charge in [0.2, 0.25) is 11.8 Å². The SMILES string of the molecule is CC[C@@H](C)[C@H](NC(=O)OC)C(=O)N1CCC[C@H]1C(=O)NC. The summed E-state index contributed by atoms with van der Waals surface area (Å²) in [6.45, 7) is 4.38. The minimum atomic E-state index is -0.673. The standard InChI is InChI=1S/C14H25N3O4/c1-5-9(2)11(16-14(20)21-4)13(19)17-8-6-7-10(17)12(18)15-3/h9-11H,5-8H2,1-4H3,(H,15,18)(H,16,20)/t9-,10+,11+/m1/s1. The molecule has 1 fully saturated rings. The Hall–Kier alpha value is -1.79. The van der Waals surface area contributed by atoms with Crippen LogP contribution < -0.4 is 10.6 Å². The van der Waals surface area contributed by atoms with E-state index in [2.05, 4.69) is 15.4 Å². The van der Waals surface area contributed by atoms with Crippen molar-refractivity contribution in [3.8, 4) is 0 Å². The maximum absolute atomic E-state index is 12.7. The van der Waals surface area contributed by atoms with Crippen molar-refractivity contribution < 1.29 is 19.1 Å². The lowest BCUT2D eigenvalue weighted by molar-refractivity contribution is -0.140. The van der Waals surface area contributed by atoms with E-state index >= 15 is 0 Å². The van der Waals surface area contributed by atoms with Gasteiger partial charge in [0.1, 0.15) is 12.1 Å². The van der Waals surface area contributed by atoms with Gasteiger partial charge < -0.3 is 20.3 Å². The number of alkyl carbamates (subject to hydrolysis) is 1. The average Bonchev–Trinajstić information content (AvgIpc) is 2.99. The molecule has 7 nitrogen and oxygen atoms in total. The molecule has 21 heavy (non-hydrogen) atoms. The molecule has 0 saturated carbocycles. The van der Waals surface area contributed by atoms with Crippen molar-refractivity contribution in [1.82, 2.24) is 15.5 Å². The number of rotatable bonds is 5. The minimum absolute atomic E-state index is 0.0393. The van der Waals surface area contributed by atoms with E-state index in [0.717, 1.165) is 12.8 Å². The Morgan fingerprint density at radius 1 is 1.38 bits per heavy atom. The number of likely N-dealkylation sites (tertiary alicyclic amines) is 1. The van der Waals surface area contributed by atoms with Crippen LogP contribution in [0.4, 0.5) is 4.79 Å². The van der Waals surface area contributed by atoms with Gasteiger partial charge in [-0.05, 0) is 18.8 Å². The van der Waals surface area contributed by atoms with E-state index in [1.807, 2.05) is 13.8 Å². The number of ether oxygens (including phenoxy) is 1. The van der Waals surface area contributed by atoms with E-state index in [9.17, 15) is 14.4 Å². The summed E-state index contributed by atoms with van der Waals surface area (Å²) in [4.78, 5) is 37.6. The number of nitrogens with one attached hydrogen (secondary N) is 2. The maximum Gasteiger partial charge on any atom is 0.407 e. The van der Waals surface area contributed by atoms with E-state index in [-0.39, 0.29) is 17.7 Å². The van der Waals surface area contributed by atoms with Gasteiger partial charge in [-0.3, -0.25) is 9.59 Å². The molecule has 2 N–H and O–H groups in total. The van der Waals surface area contributed by atoms with Gasteiger partial charge in [-0.25, -0.2) is 4.79 Å². The Labute approximate surface area is 125 Å². The number of carbonyl (C=O) groups is 3. The van der Waals surface area contributed by atoms with Crippen LogP contribution in [0, 0.1) is 5.92 Å². The fraction of sp³-hybridized carbons (Fsp3) is 0.786. The van der Waals surface area contributed by atoms with Crippen LogP contribution in [0.2, 0.25) is 0 Å². The van der Waals surface area contributed by atoms with E-state index in [4.69, 9.17) is 0 Å². The lowest BCUT2D eigenvalue weighted by Crippen LogP contribution is -2.55. The molecule has 0 unspecified atom stereocenters. The second kappa shape index (κ2) is 7.85. The van der Waals surface area contributed by atoms with Gasteiger partial charge in [-0.1, -0.05) is 20.3 Å². The fourth-order valence-corrected chi connectivity index (χ4v) is 2.52. The summed E-state index contributed by atoms with van der Waals surface area (Å²) in [6.07, 6.45) is 1.54. The number of carbonyl (C=O) groups excluding carboxylic acids is 3. The molecule has 120 valence electrons. The van der Waals surface area contributed by atoms with Gasteiger partial charge in [0.05, 0.1) is 7.11 Å². The second-order valence-electron chi connectivity index (χ2n) is 5.30. The molecule has 0 bridgehead atoms. The van der Waals surface area contributed by atoms with Crippen molar-refractivity contribution in [1.29, 1.82) is 0 Å². The van der Waals surface area contributed by atoms with Gasteiger partial charge in [0.25, 0.3) is 0 Å². The fourth-order valence-electron chi connectivity index (χ4n) is 2.52.